The molecule has 1 atom stereocenters. The molecule has 6 heteroatoms. The number of carbonyl (C=O) groups excluding carboxylic acids is 1. The SMILES string of the molecule is COCC(=O)N1CCC2(CC1)CN(Cc1ccc(Cl)cc1Cl)CC2c1ccccc1. The van der Waals surface area contributed by atoms with Crippen molar-refractivity contribution in [3.63, 3.8) is 0 Å². The van der Waals surface area contributed by atoms with Crippen molar-refractivity contribution in [3.8, 4) is 0 Å². The van der Waals surface area contributed by atoms with Gasteiger partial charge in [0, 0.05) is 55.8 Å². The molecule has 2 aromatic carbocycles. The molecular formula is C24H28Cl2N2O2. The molecule has 0 aromatic heterocycles. The van der Waals surface area contributed by atoms with Crippen LogP contribution in [0.2, 0.25) is 10.0 Å². The molecule has 1 unspecified atom stereocenters. The first-order valence-electron chi connectivity index (χ1n) is 10.5. The molecule has 2 aliphatic rings. The molecule has 1 spiro atoms. The Morgan fingerprint density at radius 1 is 1.13 bits per heavy atom. The molecule has 30 heavy (non-hydrogen) atoms. The van der Waals surface area contributed by atoms with Crippen LogP contribution in [0.5, 0.6) is 0 Å². The van der Waals surface area contributed by atoms with Crippen LogP contribution in [0.3, 0.4) is 0 Å². The van der Waals surface area contributed by atoms with Crippen LogP contribution in [0.4, 0.5) is 0 Å². The fraction of sp³-hybridized carbons (Fsp3) is 0.458. The molecule has 2 aromatic rings. The zero-order valence-electron chi connectivity index (χ0n) is 17.3. The zero-order valence-corrected chi connectivity index (χ0v) is 18.8. The first kappa shape index (κ1) is 21.6. The molecule has 2 fully saturated rings. The number of hydrogen-bond acceptors (Lipinski definition) is 3. The van der Waals surface area contributed by atoms with E-state index in [-0.39, 0.29) is 17.9 Å². The fourth-order valence-corrected chi connectivity index (χ4v) is 5.62. The number of likely N-dealkylation sites (tertiary alicyclic amines) is 2. The lowest BCUT2D eigenvalue weighted by Crippen LogP contribution is -2.47. The van der Waals surface area contributed by atoms with Crippen molar-refractivity contribution >= 4 is 29.1 Å². The Morgan fingerprint density at radius 3 is 2.53 bits per heavy atom. The Labute approximate surface area is 188 Å². The number of piperidine rings is 1. The minimum absolute atomic E-state index is 0.0893. The minimum Gasteiger partial charge on any atom is -0.375 e. The van der Waals surface area contributed by atoms with Crippen molar-refractivity contribution in [2.75, 3.05) is 39.9 Å². The summed E-state index contributed by atoms with van der Waals surface area (Å²) in [5.41, 5.74) is 2.67. The van der Waals surface area contributed by atoms with Crippen LogP contribution in [0.1, 0.15) is 29.9 Å². The Morgan fingerprint density at radius 2 is 1.87 bits per heavy atom. The van der Waals surface area contributed by atoms with E-state index in [1.54, 1.807) is 7.11 Å². The van der Waals surface area contributed by atoms with Gasteiger partial charge in [0.25, 0.3) is 0 Å². The summed E-state index contributed by atoms with van der Waals surface area (Å²) in [7, 11) is 1.57. The van der Waals surface area contributed by atoms with E-state index in [4.69, 9.17) is 27.9 Å². The summed E-state index contributed by atoms with van der Waals surface area (Å²) < 4.78 is 5.05. The molecule has 160 valence electrons. The van der Waals surface area contributed by atoms with Gasteiger partial charge in [-0.3, -0.25) is 9.69 Å². The van der Waals surface area contributed by atoms with E-state index < -0.39 is 0 Å². The maximum atomic E-state index is 12.3. The maximum Gasteiger partial charge on any atom is 0.248 e. The van der Waals surface area contributed by atoms with Gasteiger partial charge in [-0.05, 0) is 41.5 Å². The zero-order chi connectivity index (χ0) is 21.1. The van der Waals surface area contributed by atoms with E-state index in [1.165, 1.54) is 5.56 Å². The van der Waals surface area contributed by atoms with Crippen molar-refractivity contribution in [1.82, 2.24) is 9.80 Å². The van der Waals surface area contributed by atoms with Crippen LogP contribution in [0.25, 0.3) is 0 Å². The third-order valence-corrected chi connectivity index (χ3v) is 7.30. The van der Waals surface area contributed by atoms with Gasteiger partial charge in [0.05, 0.1) is 0 Å². The van der Waals surface area contributed by atoms with Gasteiger partial charge < -0.3 is 9.64 Å². The van der Waals surface area contributed by atoms with Crippen LogP contribution in [0.15, 0.2) is 48.5 Å². The standard InChI is InChI=1S/C24H28Cl2N2O2/c1-30-16-23(29)28-11-9-24(10-12-28)17-27(14-19-7-8-20(25)13-22(19)26)15-21(24)18-5-3-2-4-6-18/h2-8,13,21H,9-12,14-17H2,1H3. The highest BCUT2D eigenvalue weighted by Crippen LogP contribution is 2.50. The van der Waals surface area contributed by atoms with E-state index in [0.29, 0.717) is 10.9 Å². The number of hydrogen-bond donors (Lipinski definition) is 0. The van der Waals surface area contributed by atoms with Crippen LogP contribution in [-0.2, 0) is 16.1 Å². The van der Waals surface area contributed by atoms with Gasteiger partial charge in [0.2, 0.25) is 5.91 Å². The van der Waals surface area contributed by atoms with Crippen molar-refractivity contribution in [2.45, 2.75) is 25.3 Å². The summed E-state index contributed by atoms with van der Waals surface area (Å²) in [5.74, 6) is 0.538. The number of benzene rings is 2. The van der Waals surface area contributed by atoms with Crippen molar-refractivity contribution in [1.29, 1.82) is 0 Å². The molecule has 0 aliphatic carbocycles. The Bertz CT molecular complexity index is 882. The van der Waals surface area contributed by atoms with Crippen molar-refractivity contribution in [3.05, 3.63) is 69.7 Å². The van der Waals surface area contributed by atoms with E-state index in [2.05, 4.69) is 35.2 Å². The van der Waals surface area contributed by atoms with Gasteiger partial charge >= 0.3 is 0 Å². The van der Waals surface area contributed by atoms with E-state index >= 15 is 0 Å². The first-order chi connectivity index (χ1) is 14.5. The predicted molar refractivity (Wildman–Crippen MR) is 121 cm³/mol. The Kier molecular flexibility index (Phi) is 6.69. The smallest absolute Gasteiger partial charge is 0.248 e. The first-order valence-corrected chi connectivity index (χ1v) is 11.2. The monoisotopic (exact) mass is 446 g/mol. The molecule has 1 amide bonds. The molecule has 4 nitrogen and oxygen atoms in total. The number of methoxy groups -OCH3 is 1. The van der Waals surface area contributed by atoms with Crippen molar-refractivity contribution in [2.24, 2.45) is 5.41 Å². The number of rotatable bonds is 5. The van der Waals surface area contributed by atoms with Crippen molar-refractivity contribution < 1.29 is 9.53 Å². The molecule has 0 radical (unpaired) electrons. The van der Waals surface area contributed by atoms with Gasteiger partial charge in [0.15, 0.2) is 0 Å². The summed E-state index contributed by atoms with van der Waals surface area (Å²) >= 11 is 12.5. The Balaban J connectivity index is 1.54. The highest BCUT2D eigenvalue weighted by molar-refractivity contribution is 6.35. The summed E-state index contributed by atoms with van der Waals surface area (Å²) in [5, 5.41) is 1.39. The predicted octanol–water partition coefficient (Wildman–Crippen LogP) is 4.85. The third-order valence-electron chi connectivity index (χ3n) is 6.71. The average Bonchev–Trinajstić information content (AvgIpc) is 3.09. The third kappa shape index (κ3) is 4.52. The van der Waals surface area contributed by atoms with Crippen LogP contribution in [-0.4, -0.2) is 55.6 Å². The lowest BCUT2D eigenvalue weighted by Gasteiger charge is -2.43. The van der Waals surface area contributed by atoms with Crippen LogP contribution in [0, 0.1) is 5.41 Å². The molecular weight excluding hydrogens is 419 g/mol. The summed E-state index contributed by atoms with van der Waals surface area (Å²) in [4.78, 5) is 16.8. The topological polar surface area (TPSA) is 32.8 Å². The highest BCUT2D eigenvalue weighted by atomic mass is 35.5. The number of ether oxygens (including phenoxy) is 1. The van der Waals surface area contributed by atoms with E-state index in [1.807, 2.05) is 23.1 Å². The lowest BCUT2D eigenvalue weighted by molar-refractivity contribution is -0.137. The maximum absolute atomic E-state index is 12.3. The van der Waals surface area contributed by atoms with Gasteiger partial charge in [-0.25, -0.2) is 0 Å². The molecule has 0 saturated carbocycles. The minimum atomic E-state index is 0.0893. The van der Waals surface area contributed by atoms with Gasteiger partial charge in [0.1, 0.15) is 6.61 Å². The van der Waals surface area contributed by atoms with E-state index in [9.17, 15) is 4.79 Å². The largest absolute Gasteiger partial charge is 0.375 e. The molecule has 0 bridgehead atoms. The molecule has 2 saturated heterocycles. The van der Waals surface area contributed by atoms with Gasteiger partial charge in [-0.2, -0.15) is 0 Å². The fourth-order valence-electron chi connectivity index (χ4n) is 5.15. The van der Waals surface area contributed by atoms with Gasteiger partial charge in [-0.15, -0.1) is 0 Å². The second-order valence-corrected chi connectivity index (χ2v) is 9.39. The van der Waals surface area contributed by atoms with Gasteiger partial charge in [-0.1, -0.05) is 59.6 Å². The van der Waals surface area contributed by atoms with Crippen LogP contribution >= 0.6 is 23.2 Å². The molecule has 4 rings (SSSR count). The quantitative estimate of drug-likeness (QED) is 0.657. The summed E-state index contributed by atoms with van der Waals surface area (Å²) in [6.07, 6.45) is 2.01. The average molecular weight is 447 g/mol. The number of carbonyl (C=O) groups is 1. The number of nitrogens with zero attached hydrogens (tertiary/aromatic N) is 2. The second kappa shape index (κ2) is 9.27. The molecule has 2 heterocycles. The Hall–Kier alpha value is -1.59. The lowest BCUT2D eigenvalue weighted by atomic mass is 9.68. The molecule has 2 aliphatic heterocycles. The highest BCUT2D eigenvalue weighted by Gasteiger charge is 2.48. The van der Waals surface area contributed by atoms with E-state index in [0.717, 1.165) is 56.2 Å². The summed E-state index contributed by atoms with van der Waals surface area (Å²) in [6, 6.07) is 16.6. The van der Waals surface area contributed by atoms with Crippen LogP contribution < -0.4 is 0 Å². The summed E-state index contributed by atoms with van der Waals surface area (Å²) in [6.45, 7) is 4.57. The molecule has 0 N–H and O–H groups in total. The second-order valence-electron chi connectivity index (χ2n) is 8.54. The normalized spacial score (nSPS) is 21.3. The number of halogens is 2. The number of amides is 1.